The molecule has 2 saturated carbocycles. The van der Waals surface area contributed by atoms with Gasteiger partial charge in [0.25, 0.3) is 0 Å². The van der Waals surface area contributed by atoms with E-state index in [2.05, 4.69) is 23.7 Å². The average molecular weight is 312 g/mol. The zero-order valence-corrected chi connectivity index (χ0v) is 13.5. The molecule has 0 bridgehead atoms. The summed E-state index contributed by atoms with van der Waals surface area (Å²) in [5.41, 5.74) is -1.73. The molecular formula is C20H24O3. The summed E-state index contributed by atoms with van der Waals surface area (Å²) in [5.74, 6) is 12.8. The lowest BCUT2D eigenvalue weighted by atomic mass is 9.85. The second-order valence-corrected chi connectivity index (χ2v) is 6.85. The van der Waals surface area contributed by atoms with Gasteiger partial charge in [0.05, 0.1) is 0 Å². The molecule has 0 aromatic carbocycles. The molecule has 2 N–H and O–H groups in total. The molecule has 2 fully saturated rings. The molecule has 0 spiro atoms. The van der Waals surface area contributed by atoms with Crippen molar-refractivity contribution >= 4 is 0 Å². The lowest BCUT2D eigenvalue weighted by Gasteiger charge is -2.26. The van der Waals surface area contributed by atoms with Crippen LogP contribution in [0, 0.1) is 23.7 Å². The highest BCUT2D eigenvalue weighted by atomic mass is 16.3. The molecule has 0 saturated heterocycles. The first-order chi connectivity index (χ1) is 11.1. The number of furan rings is 1. The van der Waals surface area contributed by atoms with Gasteiger partial charge in [-0.3, -0.25) is 0 Å². The second-order valence-electron chi connectivity index (χ2n) is 6.85. The van der Waals surface area contributed by atoms with E-state index in [0.717, 1.165) is 51.4 Å². The summed E-state index contributed by atoms with van der Waals surface area (Å²) >= 11 is 0. The van der Waals surface area contributed by atoms with E-state index in [4.69, 9.17) is 4.42 Å². The summed E-state index contributed by atoms with van der Waals surface area (Å²) in [4.78, 5) is 0. The molecule has 122 valence electrons. The number of hydrogen-bond donors (Lipinski definition) is 2. The number of rotatable bonds is 0. The molecule has 3 nitrogen and oxygen atoms in total. The van der Waals surface area contributed by atoms with Gasteiger partial charge in [0, 0.05) is 0 Å². The van der Waals surface area contributed by atoms with Crippen LogP contribution in [0.5, 0.6) is 0 Å². The van der Waals surface area contributed by atoms with Crippen molar-refractivity contribution in [1.29, 1.82) is 0 Å². The van der Waals surface area contributed by atoms with Crippen LogP contribution in [-0.2, 0) is 0 Å². The summed E-state index contributed by atoms with van der Waals surface area (Å²) in [6, 6.07) is 3.54. The molecule has 1 heterocycles. The van der Waals surface area contributed by atoms with Crippen LogP contribution < -0.4 is 0 Å². The Kier molecular flexibility index (Phi) is 4.81. The molecule has 1 aromatic heterocycles. The van der Waals surface area contributed by atoms with Crippen molar-refractivity contribution in [3.05, 3.63) is 23.7 Å². The van der Waals surface area contributed by atoms with Gasteiger partial charge in [0.1, 0.15) is 11.2 Å². The lowest BCUT2D eigenvalue weighted by Crippen LogP contribution is -2.29. The normalized spacial score (nSPS) is 22.3. The smallest absolute Gasteiger partial charge is 0.178 e. The number of aliphatic hydroxyl groups is 2. The Morgan fingerprint density at radius 3 is 1.48 bits per heavy atom. The van der Waals surface area contributed by atoms with Crippen molar-refractivity contribution in [2.24, 2.45) is 0 Å². The monoisotopic (exact) mass is 312 g/mol. The molecule has 0 aliphatic heterocycles. The zero-order valence-electron chi connectivity index (χ0n) is 13.5. The first kappa shape index (κ1) is 16.2. The molecule has 0 amide bonds. The number of hydrogen-bond acceptors (Lipinski definition) is 3. The van der Waals surface area contributed by atoms with Crippen LogP contribution in [0.2, 0.25) is 0 Å². The van der Waals surface area contributed by atoms with Crippen LogP contribution in [0.1, 0.15) is 75.7 Å². The summed E-state index contributed by atoms with van der Waals surface area (Å²) in [5, 5.41) is 20.7. The maximum Gasteiger partial charge on any atom is 0.178 e. The van der Waals surface area contributed by atoms with Crippen molar-refractivity contribution in [3.8, 4) is 23.7 Å². The fourth-order valence-electron chi connectivity index (χ4n) is 3.35. The molecular weight excluding hydrogens is 288 g/mol. The fourth-order valence-corrected chi connectivity index (χ4v) is 3.35. The third-order valence-corrected chi connectivity index (χ3v) is 4.80. The topological polar surface area (TPSA) is 53.6 Å². The summed E-state index contributed by atoms with van der Waals surface area (Å²) in [6.45, 7) is 0. The molecule has 0 radical (unpaired) electrons. The standard InChI is InChI=1S/C20H24O3/c21-19(11-3-1-4-12-19)15-9-17-7-8-18(23-17)10-16-20(22)13-5-2-6-14-20/h7-8,21-22H,1-6,11-14H2. The Balaban J connectivity index is 1.67. The first-order valence-electron chi connectivity index (χ1n) is 8.68. The zero-order chi connectivity index (χ0) is 16.2. The van der Waals surface area contributed by atoms with Gasteiger partial charge >= 0.3 is 0 Å². The highest BCUT2D eigenvalue weighted by molar-refractivity contribution is 5.35. The first-order valence-corrected chi connectivity index (χ1v) is 8.68. The third-order valence-electron chi connectivity index (χ3n) is 4.80. The fraction of sp³-hybridized carbons (Fsp3) is 0.600. The Hall–Kier alpha value is -1.68. The molecule has 3 rings (SSSR count). The van der Waals surface area contributed by atoms with Gasteiger partial charge in [-0.2, -0.15) is 0 Å². The van der Waals surface area contributed by atoms with Crippen molar-refractivity contribution in [3.63, 3.8) is 0 Å². The molecule has 1 aromatic rings. The molecule has 2 aliphatic carbocycles. The van der Waals surface area contributed by atoms with Gasteiger partial charge in [0.2, 0.25) is 0 Å². The van der Waals surface area contributed by atoms with Crippen LogP contribution in [0.4, 0.5) is 0 Å². The Bertz CT molecular complexity index is 594. The van der Waals surface area contributed by atoms with Crippen molar-refractivity contribution in [1.82, 2.24) is 0 Å². The largest absolute Gasteiger partial charge is 0.439 e. The van der Waals surface area contributed by atoms with Gasteiger partial charge in [0.15, 0.2) is 11.5 Å². The maximum atomic E-state index is 10.4. The van der Waals surface area contributed by atoms with Gasteiger partial charge in [-0.05, 0) is 75.3 Å². The van der Waals surface area contributed by atoms with E-state index in [1.54, 1.807) is 12.1 Å². The van der Waals surface area contributed by atoms with Gasteiger partial charge in [-0.1, -0.05) is 24.7 Å². The molecule has 0 unspecified atom stereocenters. The third kappa shape index (κ3) is 4.41. The van der Waals surface area contributed by atoms with Gasteiger partial charge in [-0.15, -0.1) is 0 Å². The van der Waals surface area contributed by atoms with Crippen LogP contribution in [-0.4, -0.2) is 21.4 Å². The molecule has 23 heavy (non-hydrogen) atoms. The Morgan fingerprint density at radius 1 is 0.696 bits per heavy atom. The van der Waals surface area contributed by atoms with Crippen LogP contribution in [0.3, 0.4) is 0 Å². The van der Waals surface area contributed by atoms with Crippen LogP contribution >= 0.6 is 0 Å². The van der Waals surface area contributed by atoms with Crippen molar-refractivity contribution in [2.45, 2.75) is 75.4 Å². The summed E-state index contributed by atoms with van der Waals surface area (Å²) in [7, 11) is 0. The maximum absolute atomic E-state index is 10.4. The molecule has 3 heteroatoms. The minimum Gasteiger partial charge on any atom is -0.439 e. The second kappa shape index (κ2) is 6.83. The van der Waals surface area contributed by atoms with Gasteiger partial charge < -0.3 is 14.6 Å². The van der Waals surface area contributed by atoms with E-state index in [0.29, 0.717) is 11.5 Å². The SMILES string of the molecule is OC1(C#Cc2ccc(C#CC3(O)CCCCC3)o2)CCCCC1. The lowest BCUT2D eigenvalue weighted by molar-refractivity contribution is 0.0606. The van der Waals surface area contributed by atoms with E-state index in [1.807, 2.05) is 0 Å². The molecule has 0 atom stereocenters. The summed E-state index contributed by atoms with van der Waals surface area (Å²) in [6.07, 6.45) is 9.40. The van der Waals surface area contributed by atoms with E-state index in [1.165, 1.54) is 12.8 Å². The summed E-state index contributed by atoms with van der Waals surface area (Å²) < 4.78 is 5.59. The van der Waals surface area contributed by atoms with Crippen LogP contribution in [0.15, 0.2) is 16.5 Å². The minimum absolute atomic E-state index is 0.518. The van der Waals surface area contributed by atoms with Crippen molar-refractivity contribution < 1.29 is 14.6 Å². The average Bonchev–Trinajstić information content (AvgIpc) is 3.01. The molecule has 2 aliphatic rings. The van der Waals surface area contributed by atoms with E-state index in [9.17, 15) is 10.2 Å². The van der Waals surface area contributed by atoms with Gasteiger partial charge in [-0.25, -0.2) is 0 Å². The minimum atomic E-state index is -0.867. The highest BCUT2D eigenvalue weighted by Gasteiger charge is 2.27. The highest BCUT2D eigenvalue weighted by Crippen LogP contribution is 2.28. The van der Waals surface area contributed by atoms with Crippen molar-refractivity contribution in [2.75, 3.05) is 0 Å². The Morgan fingerprint density at radius 2 is 1.09 bits per heavy atom. The van der Waals surface area contributed by atoms with Crippen LogP contribution in [0.25, 0.3) is 0 Å². The van der Waals surface area contributed by atoms with E-state index < -0.39 is 11.2 Å². The quantitative estimate of drug-likeness (QED) is 0.722. The van der Waals surface area contributed by atoms with E-state index in [-0.39, 0.29) is 0 Å². The predicted molar refractivity (Wildman–Crippen MR) is 88.5 cm³/mol. The Labute approximate surface area is 138 Å². The predicted octanol–water partition coefficient (Wildman–Crippen LogP) is 3.37. The van der Waals surface area contributed by atoms with E-state index >= 15 is 0 Å².